The Hall–Kier alpha value is -2.53. The highest BCUT2D eigenvalue weighted by atomic mass is 32.2. The van der Waals surface area contributed by atoms with E-state index in [9.17, 15) is 18.5 Å². The average molecular weight is 449 g/mol. The van der Waals surface area contributed by atoms with Gasteiger partial charge in [-0.2, -0.15) is 0 Å². The second kappa shape index (κ2) is 9.73. The number of benzene rings is 2. The third-order valence-electron chi connectivity index (χ3n) is 5.42. The van der Waals surface area contributed by atoms with Crippen LogP contribution in [0.15, 0.2) is 47.4 Å². The van der Waals surface area contributed by atoms with Gasteiger partial charge in [0.1, 0.15) is 0 Å². The predicted molar refractivity (Wildman–Crippen MR) is 119 cm³/mol. The molecule has 9 nitrogen and oxygen atoms in total. The van der Waals surface area contributed by atoms with Gasteiger partial charge < -0.3 is 9.64 Å². The molecule has 0 aliphatic carbocycles. The highest BCUT2D eigenvalue weighted by Gasteiger charge is 2.26. The molecule has 0 radical (unpaired) electrons. The zero-order valence-corrected chi connectivity index (χ0v) is 18.8. The minimum Gasteiger partial charge on any atom is -0.379 e. The van der Waals surface area contributed by atoms with Crippen LogP contribution in [0.2, 0.25) is 0 Å². The maximum atomic E-state index is 13.0. The lowest BCUT2D eigenvalue weighted by Gasteiger charge is -2.35. The molecule has 1 aliphatic rings. The van der Waals surface area contributed by atoms with Gasteiger partial charge in [-0.25, -0.2) is 13.1 Å². The normalized spacial score (nSPS) is 16.1. The highest BCUT2D eigenvalue weighted by molar-refractivity contribution is 7.89. The van der Waals surface area contributed by atoms with Crippen molar-refractivity contribution in [3.8, 4) is 0 Å². The van der Waals surface area contributed by atoms with Crippen molar-refractivity contribution in [2.75, 3.05) is 51.8 Å². The third kappa shape index (κ3) is 5.59. The number of non-ortho nitro benzene ring substituents is 1. The summed E-state index contributed by atoms with van der Waals surface area (Å²) in [6, 6.07) is 11.7. The minimum atomic E-state index is -3.93. The Balaban J connectivity index is 1.86. The minimum absolute atomic E-state index is 0.0783. The van der Waals surface area contributed by atoms with Gasteiger partial charge in [-0.1, -0.05) is 18.2 Å². The summed E-state index contributed by atoms with van der Waals surface area (Å²) in [5, 5.41) is 11.1. The van der Waals surface area contributed by atoms with Crippen molar-refractivity contribution in [2.45, 2.75) is 17.9 Å². The van der Waals surface area contributed by atoms with Gasteiger partial charge in [0.25, 0.3) is 5.69 Å². The van der Waals surface area contributed by atoms with E-state index in [1.54, 1.807) is 6.92 Å². The Kier molecular flexibility index (Phi) is 7.26. The van der Waals surface area contributed by atoms with Crippen molar-refractivity contribution >= 4 is 21.4 Å². The van der Waals surface area contributed by atoms with Crippen LogP contribution in [0.5, 0.6) is 0 Å². The molecule has 0 bridgehead atoms. The van der Waals surface area contributed by atoms with E-state index >= 15 is 0 Å². The molecule has 2 aromatic rings. The summed E-state index contributed by atoms with van der Waals surface area (Å²) in [5.41, 5.74) is 2.24. The number of nitro benzene ring substituents is 1. The van der Waals surface area contributed by atoms with Crippen molar-refractivity contribution in [1.29, 1.82) is 0 Å². The van der Waals surface area contributed by atoms with Crippen molar-refractivity contribution in [2.24, 2.45) is 0 Å². The molecule has 0 saturated carbocycles. The van der Waals surface area contributed by atoms with Gasteiger partial charge in [0.05, 0.1) is 23.0 Å². The van der Waals surface area contributed by atoms with Crippen LogP contribution in [0.3, 0.4) is 0 Å². The lowest BCUT2D eigenvalue weighted by molar-refractivity contribution is -0.385. The van der Waals surface area contributed by atoms with Gasteiger partial charge >= 0.3 is 0 Å². The van der Waals surface area contributed by atoms with Crippen molar-refractivity contribution < 1.29 is 18.1 Å². The Morgan fingerprint density at radius 1 is 1.16 bits per heavy atom. The van der Waals surface area contributed by atoms with Crippen LogP contribution in [0.25, 0.3) is 0 Å². The molecule has 3 rings (SSSR count). The monoisotopic (exact) mass is 448 g/mol. The molecule has 1 N–H and O–H groups in total. The van der Waals surface area contributed by atoms with Crippen LogP contribution in [-0.2, 0) is 14.8 Å². The fraction of sp³-hybridized carbons (Fsp3) is 0.429. The Morgan fingerprint density at radius 3 is 2.39 bits per heavy atom. The molecular formula is C21H28N4O5S. The van der Waals surface area contributed by atoms with Crippen LogP contribution in [0.4, 0.5) is 11.4 Å². The lowest BCUT2D eigenvalue weighted by Crippen LogP contribution is -2.43. The number of hydrogen-bond acceptors (Lipinski definition) is 7. The van der Waals surface area contributed by atoms with Gasteiger partial charge in [0.15, 0.2) is 0 Å². The van der Waals surface area contributed by atoms with E-state index in [4.69, 9.17) is 4.74 Å². The smallest absolute Gasteiger partial charge is 0.270 e. The zero-order valence-electron chi connectivity index (χ0n) is 17.9. The van der Waals surface area contributed by atoms with E-state index in [1.165, 1.54) is 12.1 Å². The Bertz CT molecular complexity index is 1020. The fourth-order valence-electron chi connectivity index (χ4n) is 3.60. The van der Waals surface area contributed by atoms with Gasteiger partial charge in [-0.05, 0) is 30.2 Å². The molecule has 0 aromatic heterocycles. The number of morpholine rings is 1. The van der Waals surface area contributed by atoms with Gasteiger partial charge in [0.2, 0.25) is 10.0 Å². The van der Waals surface area contributed by atoms with Crippen LogP contribution < -0.4 is 9.62 Å². The molecule has 0 amide bonds. The molecule has 0 spiro atoms. The molecule has 31 heavy (non-hydrogen) atoms. The molecule has 1 heterocycles. The maximum absolute atomic E-state index is 13.0. The SMILES string of the molecule is Cc1ccc([N+](=O)[O-])cc1S(=O)(=O)NCC(c1ccc(N(C)C)cc1)N1CCOCC1. The number of hydrogen-bond donors (Lipinski definition) is 1. The summed E-state index contributed by atoms with van der Waals surface area (Å²) in [6.45, 7) is 4.32. The predicted octanol–water partition coefficient (Wildman–Crippen LogP) is 2.32. The van der Waals surface area contributed by atoms with E-state index < -0.39 is 14.9 Å². The van der Waals surface area contributed by atoms with Crippen molar-refractivity contribution in [1.82, 2.24) is 9.62 Å². The third-order valence-corrected chi connectivity index (χ3v) is 6.99. The standard InChI is InChI=1S/C21H28N4O5S/c1-16-4-7-19(25(26)27)14-21(16)31(28,29)22-15-20(24-10-12-30-13-11-24)17-5-8-18(9-6-17)23(2)3/h4-9,14,20,22H,10-13,15H2,1-3H3. The number of rotatable bonds is 8. The number of nitro groups is 1. The fourth-order valence-corrected chi connectivity index (χ4v) is 4.90. The number of aryl methyl sites for hydroxylation is 1. The van der Waals surface area contributed by atoms with E-state index in [-0.39, 0.29) is 23.2 Å². The highest BCUT2D eigenvalue weighted by Crippen LogP contribution is 2.26. The van der Waals surface area contributed by atoms with Crippen molar-refractivity contribution in [3.63, 3.8) is 0 Å². The van der Waals surface area contributed by atoms with E-state index in [0.29, 0.717) is 31.9 Å². The number of nitrogens with zero attached hydrogens (tertiary/aromatic N) is 3. The molecule has 1 atom stereocenters. The first-order valence-corrected chi connectivity index (χ1v) is 11.5. The van der Waals surface area contributed by atoms with E-state index in [1.807, 2.05) is 43.3 Å². The largest absolute Gasteiger partial charge is 0.379 e. The number of ether oxygens (including phenoxy) is 1. The number of nitrogens with one attached hydrogen (secondary N) is 1. The molecule has 10 heteroatoms. The number of sulfonamides is 1. The Labute approximate surface area is 182 Å². The quantitative estimate of drug-likeness (QED) is 0.488. The second-order valence-electron chi connectivity index (χ2n) is 7.71. The molecule has 1 aliphatic heterocycles. The molecule has 2 aromatic carbocycles. The zero-order chi connectivity index (χ0) is 22.6. The van der Waals surface area contributed by atoms with Gasteiger partial charge in [-0.3, -0.25) is 15.0 Å². The molecule has 168 valence electrons. The molecule has 1 saturated heterocycles. The van der Waals surface area contributed by atoms with Crippen molar-refractivity contribution in [3.05, 3.63) is 63.7 Å². The summed E-state index contributed by atoms with van der Waals surface area (Å²) in [7, 11) is -0.00634. The molecule has 1 fully saturated rings. The van der Waals surface area contributed by atoms with Gasteiger partial charge in [-0.15, -0.1) is 0 Å². The molecular weight excluding hydrogens is 420 g/mol. The summed E-state index contributed by atoms with van der Waals surface area (Å²) >= 11 is 0. The Morgan fingerprint density at radius 2 is 1.81 bits per heavy atom. The maximum Gasteiger partial charge on any atom is 0.270 e. The van der Waals surface area contributed by atoms with Crippen LogP contribution in [-0.4, -0.2) is 65.2 Å². The average Bonchev–Trinajstić information content (AvgIpc) is 2.75. The first-order chi connectivity index (χ1) is 14.7. The summed E-state index contributed by atoms with van der Waals surface area (Å²) in [6.07, 6.45) is 0. The first-order valence-electron chi connectivity index (χ1n) is 10.0. The topological polar surface area (TPSA) is 105 Å². The lowest BCUT2D eigenvalue weighted by atomic mass is 10.0. The first kappa shape index (κ1) is 23.1. The summed E-state index contributed by atoms with van der Waals surface area (Å²) in [4.78, 5) is 14.6. The van der Waals surface area contributed by atoms with Gasteiger partial charge in [0, 0.05) is 57.6 Å². The second-order valence-corrected chi connectivity index (χ2v) is 9.44. The summed E-state index contributed by atoms with van der Waals surface area (Å²) < 4.78 is 34.1. The van der Waals surface area contributed by atoms with Crippen LogP contribution >= 0.6 is 0 Å². The van der Waals surface area contributed by atoms with E-state index in [2.05, 4.69) is 9.62 Å². The number of anilines is 1. The molecule has 1 unspecified atom stereocenters. The van der Waals surface area contributed by atoms with Crippen LogP contribution in [0, 0.1) is 17.0 Å². The van der Waals surface area contributed by atoms with Crippen LogP contribution in [0.1, 0.15) is 17.2 Å². The summed E-state index contributed by atoms with van der Waals surface area (Å²) in [5.74, 6) is 0. The van der Waals surface area contributed by atoms with E-state index in [0.717, 1.165) is 17.3 Å².